The Hall–Kier alpha value is -0.570. The molecule has 0 spiro atoms. The summed E-state index contributed by atoms with van der Waals surface area (Å²) in [4.78, 5) is 11.3. The van der Waals surface area contributed by atoms with Crippen molar-refractivity contribution in [3.63, 3.8) is 0 Å². The summed E-state index contributed by atoms with van der Waals surface area (Å²) in [5.74, 6) is 0.564. The Bertz CT molecular complexity index is 166. The Morgan fingerprint density at radius 1 is 1.20 bits per heavy atom. The lowest BCUT2D eigenvalue weighted by Gasteiger charge is -2.11. The average molecular weight is 216 g/mol. The van der Waals surface area contributed by atoms with Gasteiger partial charge in [-0.05, 0) is 19.3 Å². The Labute approximate surface area is 92.8 Å². The number of hydrogen-bond donors (Lipinski definition) is 1. The van der Waals surface area contributed by atoms with Gasteiger partial charge in [0, 0.05) is 19.4 Å². The molecular formula is C12H24O3. The maximum Gasteiger partial charge on any atom is 0.306 e. The van der Waals surface area contributed by atoms with Gasteiger partial charge in [-0.2, -0.15) is 0 Å². The van der Waals surface area contributed by atoms with Crippen molar-refractivity contribution in [1.29, 1.82) is 0 Å². The number of ether oxygens (including phenoxy) is 1. The predicted molar refractivity (Wildman–Crippen MR) is 60.6 cm³/mol. The number of carbonyl (C=O) groups excluding carboxylic acids is 1. The van der Waals surface area contributed by atoms with Gasteiger partial charge in [0.25, 0.3) is 0 Å². The standard InChI is InChI=1S/C12H24O3/c1-10(2)6-4-5-7-12(14)15-11(3)8-9-13/h10-11,13H,4-9H2,1-3H3. The molecule has 90 valence electrons. The predicted octanol–water partition coefficient (Wildman–Crippen LogP) is 2.52. The molecule has 0 radical (unpaired) electrons. The van der Waals surface area contributed by atoms with E-state index < -0.39 is 0 Å². The average Bonchev–Trinajstić information content (AvgIpc) is 2.12. The number of hydrogen-bond acceptors (Lipinski definition) is 3. The first-order chi connectivity index (χ1) is 7.06. The molecule has 0 saturated heterocycles. The Morgan fingerprint density at radius 2 is 1.87 bits per heavy atom. The van der Waals surface area contributed by atoms with Crippen molar-refractivity contribution < 1.29 is 14.6 Å². The summed E-state index contributed by atoms with van der Waals surface area (Å²) in [5.41, 5.74) is 0. The van der Waals surface area contributed by atoms with Crippen LogP contribution in [0.1, 0.15) is 52.9 Å². The molecule has 1 atom stereocenters. The van der Waals surface area contributed by atoms with Gasteiger partial charge in [0.1, 0.15) is 6.10 Å². The lowest BCUT2D eigenvalue weighted by molar-refractivity contribution is -0.148. The van der Waals surface area contributed by atoms with Crippen LogP contribution in [0.2, 0.25) is 0 Å². The van der Waals surface area contributed by atoms with Crippen molar-refractivity contribution in [3.05, 3.63) is 0 Å². The molecule has 0 aliphatic rings. The first kappa shape index (κ1) is 14.4. The lowest BCUT2D eigenvalue weighted by atomic mass is 10.1. The highest BCUT2D eigenvalue weighted by Gasteiger charge is 2.08. The first-order valence-corrected chi connectivity index (χ1v) is 5.86. The maximum atomic E-state index is 11.3. The number of unbranched alkanes of at least 4 members (excludes halogenated alkanes) is 1. The second-order valence-corrected chi connectivity index (χ2v) is 4.45. The van der Waals surface area contributed by atoms with Crippen LogP contribution in [0.25, 0.3) is 0 Å². The molecule has 0 heterocycles. The summed E-state index contributed by atoms with van der Waals surface area (Å²) in [6.07, 6.45) is 4.02. The zero-order valence-corrected chi connectivity index (χ0v) is 10.2. The first-order valence-electron chi connectivity index (χ1n) is 5.86. The Kier molecular flexibility index (Phi) is 8.38. The normalized spacial score (nSPS) is 12.9. The SMILES string of the molecule is CC(C)CCCCC(=O)OC(C)CCO. The summed E-state index contributed by atoms with van der Waals surface area (Å²) < 4.78 is 5.10. The van der Waals surface area contributed by atoms with Gasteiger partial charge in [-0.3, -0.25) is 4.79 Å². The molecule has 15 heavy (non-hydrogen) atoms. The molecule has 0 saturated carbocycles. The third-order valence-corrected chi connectivity index (χ3v) is 2.28. The molecule has 0 rings (SSSR count). The minimum atomic E-state index is -0.160. The number of aliphatic hydroxyl groups is 1. The Morgan fingerprint density at radius 3 is 2.40 bits per heavy atom. The largest absolute Gasteiger partial charge is 0.463 e. The van der Waals surface area contributed by atoms with E-state index in [1.54, 1.807) is 0 Å². The van der Waals surface area contributed by atoms with Crippen molar-refractivity contribution in [1.82, 2.24) is 0 Å². The molecule has 0 fully saturated rings. The third kappa shape index (κ3) is 9.73. The van der Waals surface area contributed by atoms with Crippen molar-refractivity contribution in [2.45, 2.75) is 59.0 Å². The fraction of sp³-hybridized carbons (Fsp3) is 0.917. The fourth-order valence-corrected chi connectivity index (χ4v) is 1.35. The topological polar surface area (TPSA) is 46.5 Å². The van der Waals surface area contributed by atoms with E-state index in [1.165, 1.54) is 6.42 Å². The van der Waals surface area contributed by atoms with Crippen LogP contribution in [0.3, 0.4) is 0 Å². The van der Waals surface area contributed by atoms with E-state index in [2.05, 4.69) is 13.8 Å². The van der Waals surface area contributed by atoms with Crippen LogP contribution in [0.4, 0.5) is 0 Å². The van der Waals surface area contributed by atoms with Gasteiger partial charge in [-0.25, -0.2) is 0 Å². The van der Waals surface area contributed by atoms with Gasteiger partial charge >= 0.3 is 5.97 Å². The molecule has 0 aromatic carbocycles. The second kappa shape index (κ2) is 8.72. The maximum absolute atomic E-state index is 11.3. The van der Waals surface area contributed by atoms with Crippen molar-refractivity contribution in [3.8, 4) is 0 Å². The summed E-state index contributed by atoms with van der Waals surface area (Å²) in [7, 11) is 0. The van der Waals surface area contributed by atoms with E-state index in [0.717, 1.165) is 12.8 Å². The van der Waals surface area contributed by atoms with Crippen LogP contribution in [0.5, 0.6) is 0 Å². The highest BCUT2D eigenvalue weighted by atomic mass is 16.5. The molecule has 0 aliphatic carbocycles. The van der Waals surface area contributed by atoms with Crippen LogP contribution < -0.4 is 0 Å². The van der Waals surface area contributed by atoms with Crippen LogP contribution in [0, 0.1) is 5.92 Å². The van der Waals surface area contributed by atoms with Crippen molar-refractivity contribution >= 4 is 5.97 Å². The van der Waals surface area contributed by atoms with Gasteiger partial charge in [-0.1, -0.05) is 26.7 Å². The van der Waals surface area contributed by atoms with Gasteiger partial charge in [0.15, 0.2) is 0 Å². The van der Waals surface area contributed by atoms with E-state index in [0.29, 0.717) is 18.8 Å². The Balaban J connectivity index is 3.40. The summed E-state index contributed by atoms with van der Waals surface area (Å²) in [5, 5.41) is 8.63. The molecule has 0 amide bonds. The molecule has 3 nitrogen and oxygen atoms in total. The molecule has 0 bridgehead atoms. The van der Waals surface area contributed by atoms with Gasteiger partial charge in [-0.15, -0.1) is 0 Å². The van der Waals surface area contributed by atoms with E-state index in [-0.39, 0.29) is 18.7 Å². The number of carbonyl (C=O) groups is 1. The molecule has 0 aliphatic heterocycles. The van der Waals surface area contributed by atoms with E-state index in [4.69, 9.17) is 9.84 Å². The third-order valence-electron chi connectivity index (χ3n) is 2.28. The number of esters is 1. The van der Waals surface area contributed by atoms with E-state index in [9.17, 15) is 4.79 Å². The molecule has 1 unspecified atom stereocenters. The van der Waals surface area contributed by atoms with E-state index >= 15 is 0 Å². The second-order valence-electron chi connectivity index (χ2n) is 4.45. The lowest BCUT2D eigenvalue weighted by Crippen LogP contribution is -2.15. The summed E-state index contributed by atoms with van der Waals surface area (Å²) >= 11 is 0. The summed E-state index contributed by atoms with van der Waals surface area (Å²) in [6, 6.07) is 0. The number of rotatable bonds is 8. The molecule has 3 heteroatoms. The minimum absolute atomic E-state index is 0.0712. The van der Waals surface area contributed by atoms with E-state index in [1.807, 2.05) is 6.92 Å². The molecular weight excluding hydrogens is 192 g/mol. The molecule has 0 aromatic heterocycles. The zero-order chi connectivity index (χ0) is 11.7. The van der Waals surface area contributed by atoms with Crippen LogP contribution in [-0.2, 0) is 9.53 Å². The van der Waals surface area contributed by atoms with Crippen molar-refractivity contribution in [2.24, 2.45) is 5.92 Å². The highest BCUT2D eigenvalue weighted by molar-refractivity contribution is 5.69. The molecule has 1 N–H and O–H groups in total. The van der Waals surface area contributed by atoms with Gasteiger partial charge in [0.05, 0.1) is 0 Å². The number of aliphatic hydroxyl groups excluding tert-OH is 1. The van der Waals surface area contributed by atoms with Gasteiger partial charge < -0.3 is 9.84 Å². The minimum Gasteiger partial charge on any atom is -0.463 e. The van der Waals surface area contributed by atoms with Crippen LogP contribution in [-0.4, -0.2) is 23.8 Å². The smallest absolute Gasteiger partial charge is 0.306 e. The highest BCUT2D eigenvalue weighted by Crippen LogP contribution is 2.09. The zero-order valence-electron chi connectivity index (χ0n) is 10.2. The van der Waals surface area contributed by atoms with Crippen LogP contribution >= 0.6 is 0 Å². The summed E-state index contributed by atoms with van der Waals surface area (Å²) in [6.45, 7) is 6.24. The van der Waals surface area contributed by atoms with Crippen molar-refractivity contribution in [2.75, 3.05) is 6.61 Å². The van der Waals surface area contributed by atoms with Gasteiger partial charge in [0.2, 0.25) is 0 Å². The quantitative estimate of drug-likeness (QED) is 0.501. The van der Waals surface area contributed by atoms with Crippen LogP contribution in [0.15, 0.2) is 0 Å². The monoisotopic (exact) mass is 216 g/mol. The molecule has 0 aromatic rings. The fourth-order valence-electron chi connectivity index (χ4n) is 1.35.